The Morgan fingerprint density at radius 3 is 2.95 bits per heavy atom. The van der Waals surface area contributed by atoms with Gasteiger partial charge in [0.1, 0.15) is 0 Å². The fourth-order valence-electron chi connectivity index (χ4n) is 2.76. The number of carbonyl (C=O) groups is 1. The Hall–Kier alpha value is -1.35. The van der Waals surface area contributed by atoms with Crippen molar-refractivity contribution in [2.45, 2.75) is 38.7 Å². The summed E-state index contributed by atoms with van der Waals surface area (Å²) < 4.78 is 5.88. The molecule has 0 N–H and O–H groups in total. The number of likely N-dealkylation sites (tertiary alicyclic amines) is 1. The van der Waals surface area contributed by atoms with E-state index in [4.69, 9.17) is 4.74 Å². The van der Waals surface area contributed by atoms with E-state index in [1.807, 2.05) is 17.0 Å². The summed E-state index contributed by atoms with van der Waals surface area (Å²) in [6.07, 6.45) is 4.41. The minimum absolute atomic E-state index is 0.230. The quantitative estimate of drug-likeness (QED) is 0.825. The molecule has 1 saturated heterocycles. The molecule has 1 saturated carbocycles. The molecule has 1 atom stereocenters. The monoisotopic (exact) mass is 273 g/mol. The molecule has 1 unspecified atom stereocenters. The number of hydrogen-bond donors (Lipinski definition) is 0. The van der Waals surface area contributed by atoms with E-state index in [0.29, 0.717) is 6.42 Å². The molecular weight excluding hydrogens is 250 g/mol. The van der Waals surface area contributed by atoms with Crippen molar-refractivity contribution in [1.82, 2.24) is 4.90 Å². The molecule has 0 spiro atoms. The summed E-state index contributed by atoms with van der Waals surface area (Å²) in [6.45, 7) is 4.58. The van der Waals surface area contributed by atoms with Crippen molar-refractivity contribution >= 4 is 5.91 Å². The first-order chi connectivity index (χ1) is 9.70. The third-order valence-electron chi connectivity index (χ3n) is 4.20. The van der Waals surface area contributed by atoms with E-state index in [-0.39, 0.29) is 12.0 Å². The van der Waals surface area contributed by atoms with E-state index < -0.39 is 0 Å². The number of benzene rings is 1. The molecule has 2 aliphatic rings. The van der Waals surface area contributed by atoms with Gasteiger partial charge in [-0.3, -0.25) is 4.79 Å². The van der Waals surface area contributed by atoms with Gasteiger partial charge in [0.2, 0.25) is 5.91 Å². The molecule has 1 heterocycles. The SMILES string of the molecule is Cc1cccc(CC(=O)N2CCC(OCC3CC3)C2)c1. The molecule has 1 amide bonds. The molecule has 3 heteroatoms. The van der Waals surface area contributed by atoms with Crippen LogP contribution in [0.3, 0.4) is 0 Å². The van der Waals surface area contributed by atoms with Gasteiger partial charge in [-0.05, 0) is 37.7 Å². The van der Waals surface area contributed by atoms with Crippen molar-refractivity contribution in [2.75, 3.05) is 19.7 Å². The first kappa shape index (κ1) is 13.6. The number of rotatable bonds is 5. The second-order valence-electron chi connectivity index (χ2n) is 6.19. The van der Waals surface area contributed by atoms with Gasteiger partial charge in [0.15, 0.2) is 0 Å². The van der Waals surface area contributed by atoms with E-state index in [2.05, 4.69) is 19.1 Å². The fraction of sp³-hybridized carbons (Fsp3) is 0.588. The van der Waals surface area contributed by atoms with Crippen molar-refractivity contribution in [1.29, 1.82) is 0 Å². The predicted octanol–water partition coefficient (Wildman–Crippen LogP) is 2.57. The maximum Gasteiger partial charge on any atom is 0.227 e. The summed E-state index contributed by atoms with van der Waals surface area (Å²) in [5, 5.41) is 0. The van der Waals surface area contributed by atoms with E-state index in [1.165, 1.54) is 18.4 Å². The minimum Gasteiger partial charge on any atom is -0.376 e. The van der Waals surface area contributed by atoms with E-state index in [9.17, 15) is 4.79 Å². The van der Waals surface area contributed by atoms with Gasteiger partial charge in [-0.25, -0.2) is 0 Å². The molecule has 20 heavy (non-hydrogen) atoms. The largest absolute Gasteiger partial charge is 0.376 e. The maximum atomic E-state index is 12.3. The van der Waals surface area contributed by atoms with Crippen LogP contribution in [0.4, 0.5) is 0 Å². The van der Waals surface area contributed by atoms with Crippen LogP contribution in [0.5, 0.6) is 0 Å². The number of hydrogen-bond acceptors (Lipinski definition) is 2. The molecule has 0 bridgehead atoms. The van der Waals surface area contributed by atoms with Crippen LogP contribution in [-0.2, 0) is 16.0 Å². The normalized spacial score (nSPS) is 22.2. The van der Waals surface area contributed by atoms with Crippen molar-refractivity contribution in [3.8, 4) is 0 Å². The van der Waals surface area contributed by atoms with Crippen LogP contribution >= 0.6 is 0 Å². The van der Waals surface area contributed by atoms with Crippen LogP contribution in [0, 0.1) is 12.8 Å². The Labute approximate surface area is 120 Å². The Bertz CT molecular complexity index is 482. The van der Waals surface area contributed by atoms with Gasteiger partial charge in [-0.1, -0.05) is 29.8 Å². The summed E-state index contributed by atoms with van der Waals surface area (Å²) >= 11 is 0. The first-order valence-electron chi connectivity index (χ1n) is 7.65. The average molecular weight is 273 g/mol. The van der Waals surface area contributed by atoms with Crippen LogP contribution < -0.4 is 0 Å². The highest BCUT2D eigenvalue weighted by molar-refractivity contribution is 5.79. The van der Waals surface area contributed by atoms with E-state index >= 15 is 0 Å². The Kier molecular flexibility index (Phi) is 4.06. The third kappa shape index (κ3) is 3.60. The van der Waals surface area contributed by atoms with Gasteiger partial charge in [-0.15, -0.1) is 0 Å². The van der Waals surface area contributed by atoms with Crippen LogP contribution in [0.2, 0.25) is 0 Å². The van der Waals surface area contributed by atoms with Crippen LogP contribution in [0.25, 0.3) is 0 Å². The Morgan fingerprint density at radius 2 is 2.20 bits per heavy atom. The highest BCUT2D eigenvalue weighted by Gasteiger charge is 2.29. The lowest BCUT2D eigenvalue weighted by Gasteiger charge is -2.17. The lowest BCUT2D eigenvalue weighted by atomic mass is 10.1. The summed E-state index contributed by atoms with van der Waals surface area (Å²) in [6, 6.07) is 8.20. The Morgan fingerprint density at radius 1 is 1.35 bits per heavy atom. The third-order valence-corrected chi connectivity index (χ3v) is 4.20. The summed E-state index contributed by atoms with van der Waals surface area (Å²) in [5.74, 6) is 1.03. The topological polar surface area (TPSA) is 29.5 Å². The number of nitrogens with zero attached hydrogens (tertiary/aromatic N) is 1. The standard InChI is InChI=1S/C17H23NO2/c1-13-3-2-4-15(9-13)10-17(19)18-8-7-16(11-18)20-12-14-5-6-14/h2-4,9,14,16H,5-8,10-12H2,1H3. The molecule has 1 aromatic rings. The molecule has 2 fully saturated rings. The van der Waals surface area contributed by atoms with E-state index in [1.54, 1.807) is 0 Å². The summed E-state index contributed by atoms with van der Waals surface area (Å²) in [5.41, 5.74) is 2.32. The molecule has 108 valence electrons. The maximum absolute atomic E-state index is 12.3. The molecule has 0 aromatic heterocycles. The second-order valence-corrected chi connectivity index (χ2v) is 6.19. The van der Waals surface area contributed by atoms with E-state index in [0.717, 1.165) is 37.6 Å². The molecule has 0 radical (unpaired) electrons. The number of carbonyl (C=O) groups excluding carboxylic acids is 1. The lowest BCUT2D eigenvalue weighted by Crippen LogP contribution is -2.31. The molecule has 1 aromatic carbocycles. The zero-order valence-corrected chi connectivity index (χ0v) is 12.2. The number of aryl methyl sites for hydroxylation is 1. The summed E-state index contributed by atoms with van der Waals surface area (Å²) in [4.78, 5) is 14.3. The van der Waals surface area contributed by atoms with Gasteiger partial charge in [0.25, 0.3) is 0 Å². The van der Waals surface area contributed by atoms with Gasteiger partial charge < -0.3 is 9.64 Å². The molecule has 3 nitrogen and oxygen atoms in total. The van der Waals surface area contributed by atoms with Gasteiger partial charge in [0, 0.05) is 19.7 Å². The highest BCUT2D eigenvalue weighted by Crippen LogP contribution is 2.30. The number of amides is 1. The van der Waals surface area contributed by atoms with Gasteiger partial charge >= 0.3 is 0 Å². The van der Waals surface area contributed by atoms with Crippen LogP contribution in [-0.4, -0.2) is 36.6 Å². The molecule has 1 aliphatic heterocycles. The summed E-state index contributed by atoms with van der Waals surface area (Å²) in [7, 11) is 0. The molecule has 1 aliphatic carbocycles. The lowest BCUT2D eigenvalue weighted by molar-refractivity contribution is -0.130. The molecular formula is C17H23NO2. The Balaban J connectivity index is 1.47. The molecule has 3 rings (SSSR count). The first-order valence-corrected chi connectivity index (χ1v) is 7.65. The number of ether oxygens (including phenoxy) is 1. The smallest absolute Gasteiger partial charge is 0.227 e. The van der Waals surface area contributed by atoms with Crippen LogP contribution in [0.1, 0.15) is 30.4 Å². The van der Waals surface area contributed by atoms with Crippen molar-refractivity contribution in [3.63, 3.8) is 0 Å². The van der Waals surface area contributed by atoms with Crippen molar-refractivity contribution in [3.05, 3.63) is 35.4 Å². The van der Waals surface area contributed by atoms with Crippen molar-refractivity contribution < 1.29 is 9.53 Å². The van der Waals surface area contributed by atoms with Crippen molar-refractivity contribution in [2.24, 2.45) is 5.92 Å². The van der Waals surface area contributed by atoms with Crippen LogP contribution in [0.15, 0.2) is 24.3 Å². The highest BCUT2D eigenvalue weighted by atomic mass is 16.5. The van der Waals surface area contributed by atoms with Gasteiger partial charge in [-0.2, -0.15) is 0 Å². The zero-order valence-electron chi connectivity index (χ0n) is 12.2. The fourth-order valence-corrected chi connectivity index (χ4v) is 2.76. The second kappa shape index (κ2) is 5.96. The predicted molar refractivity (Wildman–Crippen MR) is 78.5 cm³/mol. The zero-order chi connectivity index (χ0) is 13.9. The average Bonchev–Trinajstić information content (AvgIpc) is 3.13. The van der Waals surface area contributed by atoms with Gasteiger partial charge in [0.05, 0.1) is 12.5 Å². The minimum atomic E-state index is 0.230.